The van der Waals surface area contributed by atoms with E-state index in [1.807, 2.05) is 32.0 Å². The van der Waals surface area contributed by atoms with Gasteiger partial charge in [-0.25, -0.2) is 4.39 Å². The van der Waals surface area contributed by atoms with Crippen molar-refractivity contribution in [3.63, 3.8) is 0 Å². The first-order valence-corrected chi connectivity index (χ1v) is 8.34. The zero-order valence-electron chi connectivity index (χ0n) is 14.9. The highest BCUT2D eigenvalue weighted by molar-refractivity contribution is 6.08. The molecule has 27 heavy (non-hydrogen) atoms. The van der Waals surface area contributed by atoms with Gasteiger partial charge in [-0.3, -0.25) is 14.6 Å². The lowest BCUT2D eigenvalue weighted by molar-refractivity contribution is 0.102. The minimum absolute atomic E-state index is 0.113. The number of pyridine rings is 1. The maximum Gasteiger partial charge on any atom is 0.274 e. The molecule has 2 aromatic carbocycles. The summed E-state index contributed by atoms with van der Waals surface area (Å²) in [5, 5.41) is 5.39. The summed E-state index contributed by atoms with van der Waals surface area (Å²) in [7, 11) is 0. The Morgan fingerprint density at radius 1 is 0.926 bits per heavy atom. The summed E-state index contributed by atoms with van der Waals surface area (Å²) >= 11 is 0. The fourth-order valence-electron chi connectivity index (χ4n) is 2.61. The normalized spacial score (nSPS) is 10.3. The number of carbonyl (C=O) groups excluding carboxylic acids is 2. The number of nitrogens with one attached hydrogen (secondary N) is 2. The number of aryl methyl sites for hydroxylation is 2. The van der Waals surface area contributed by atoms with Crippen LogP contribution in [0.1, 0.15) is 32.0 Å². The minimum Gasteiger partial charge on any atom is -0.322 e. The molecule has 136 valence electrons. The molecule has 2 N–H and O–H groups in total. The maximum atomic E-state index is 13.2. The van der Waals surface area contributed by atoms with Gasteiger partial charge in [-0.05, 0) is 55.8 Å². The fourth-order valence-corrected chi connectivity index (χ4v) is 2.61. The van der Waals surface area contributed by atoms with Crippen LogP contribution in [0.4, 0.5) is 15.8 Å². The summed E-state index contributed by atoms with van der Waals surface area (Å²) in [5.41, 5.74) is 3.41. The van der Waals surface area contributed by atoms with Crippen LogP contribution in [-0.2, 0) is 0 Å². The Morgan fingerprint density at radius 3 is 2.48 bits per heavy atom. The number of rotatable bonds is 4. The molecule has 0 fully saturated rings. The molecule has 1 heterocycles. The second kappa shape index (κ2) is 7.78. The number of hydrogen-bond donors (Lipinski definition) is 2. The van der Waals surface area contributed by atoms with Crippen LogP contribution in [0.5, 0.6) is 0 Å². The number of halogens is 1. The fraction of sp³-hybridized carbons (Fsp3) is 0.0952. The van der Waals surface area contributed by atoms with Crippen LogP contribution in [0.2, 0.25) is 0 Å². The van der Waals surface area contributed by atoms with Gasteiger partial charge >= 0.3 is 0 Å². The van der Waals surface area contributed by atoms with E-state index in [1.54, 1.807) is 6.07 Å². The zero-order chi connectivity index (χ0) is 19.4. The number of anilines is 2. The van der Waals surface area contributed by atoms with Gasteiger partial charge in [0.1, 0.15) is 11.5 Å². The molecule has 0 saturated heterocycles. The smallest absolute Gasteiger partial charge is 0.274 e. The standard InChI is InChI=1S/C21H18FN3O2/c1-13-6-7-18(14(2)10-13)25-21(27)19-11-15(8-9-23-19)20(26)24-17-5-3-4-16(22)12-17/h3-12H,1-2H3,(H,24,26)(H,25,27). The van der Waals surface area contributed by atoms with Gasteiger partial charge < -0.3 is 10.6 Å². The van der Waals surface area contributed by atoms with Crippen molar-refractivity contribution < 1.29 is 14.0 Å². The highest BCUT2D eigenvalue weighted by Crippen LogP contribution is 2.17. The first-order valence-electron chi connectivity index (χ1n) is 8.34. The largest absolute Gasteiger partial charge is 0.322 e. The molecule has 0 spiro atoms. The van der Waals surface area contributed by atoms with E-state index in [2.05, 4.69) is 15.6 Å². The molecule has 0 aliphatic heterocycles. The third-order valence-electron chi connectivity index (χ3n) is 3.97. The summed E-state index contributed by atoms with van der Waals surface area (Å²) in [6.07, 6.45) is 1.39. The lowest BCUT2D eigenvalue weighted by Gasteiger charge is -2.10. The van der Waals surface area contributed by atoms with E-state index >= 15 is 0 Å². The molecule has 1 aromatic heterocycles. The van der Waals surface area contributed by atoms with Gasteiger partial charge in [-0.2, -0.15) is 0 Å². The van der Waals surface area contributed by atoms with Crippen molar-refractivity contribution >= 4 is 23.2 Å². The molecule has 2 amide bonds. The van der Waals surface area contributed by atoms with Crippen LogP contribution in [0, 0.1) is 19.7 Å². The van der Waals surface area contributed by atoms with E-state index in [4.69, 9.17) is 0 Å². The first-order chi connectivity index (χ1) is 12.9. The average Bonchev–Trinajstić information content (AvgIpc) is 2.64. The van der Waals surface area contributed by atoms with E-state index in [9.17, 15) is 14.0 Å². The molecular weight excluding hydrogens is 345 g/mol. The van der Waals surface area contributed by atoms with Gasteiger partial charge in [0.05, 0.1) is 0 Å². The van der Waals surface area contributed by atoms with Gasteiger partial charge in [-0.15, -0.1) is 0 Å². The highest BCUT2D eigenvalue weighted by atomic mass is 19.1. The molecule has 0 atom stereocenters. The SMILES string of the molecule is Cc1ccc(NC(=O)c2cc(C(=O)Nc3cccc(F)c3)ccn2)c(C)c1. The number of benzene rings is 2. The van der Waals surface area contributed by atoms with Gasteiger partial charge in [-0.1, -0.05) is 23.8 Å². The third kappa shape index (κ3) is 4.55. The van der Waals surface area contributed by atoms with E-state index in [1.165, 1.54) is 36.5 Å². The van der Waals surface area contributed by atoms with Gasteiger partial charge in [0.2, 0.25) is 0 Å². The van der Waals surface area contributed by atoms with Gasteiger partial charge in [0, 0.05) is 23.1 Å². The predicted octanol–water partition coefficient (Wildman–Crippen LogP) is 4.34. The number of hydrogen-bond acceptors (Lipinski definition) is 3. The Kier molecular flexibility index (Phi) is 5.26. The second-order valence-electron chi connectivity index (χ2n) is 6.17. The van der Waals surface area contributed by atoms with Crippen LogP contribution in [0.25, 0.3) is 0 Å². The first kappa shape index (κ1) is 18.3. The number of amides is 2. The summed E-state index contributed by atoms with van der Waals surface area (Å²) in [6, 6.07) is 14.2. The van der Waals surface area contributed by atoms with Crippen LogP contribution >= 0.6 is 0 Å². The van der Waals surface area contributed by atoms with Crippen molar-refractivity contribution in [2.45, 2.75) is 13.8 Å². The molecule has 5 nitrogen and oxygen atoms in total. The van der Waals surface area contributed by atoms with Gasteiger partial charge in [0.15, 0.2) is 0 Å². The van der Waals surface area contributed by atoms with E-state index in [0.717, 1.165) is 11.1 Å². The summed E-state index contributed by atoms with van der Waals surface area (Å²) in [6.45, 7) is 3.87. The van der Waals surface area contributed by atoms with Crippen molar-refractivity contribution in [3.05, 3.63) is 89.0 Å². The van der Waals surface area contributed by atoms with E-state index in [0.29, 0.717) is 11.4 Å². The Bertz CT molecular complexity index is 1020. The van der Waals surface area contributed by atoms with Crippen LogP contribution in [-0.4, -0.2) is 16.8 Å². The lowest BCUT2D eigenvalue weighted by Crippen LogP contribution is -2.17. The molecule has 0 radical (unpaired) electrons. The molecule has 3 rings (SSSR count). The summed E-state index contributed by atoms with van der Waals surface area (Å²) in [5.74, 6) is -1.32. The Morgan fingerprint density at radius 2 is 1.74 bits per heavy atom. The Balaban J connectivity index is 1.76. The molecule has 6 heteroatoms. The second-order valence-corrected chi connectivity index (χ2v) is 6.17. The zero-order valence-corrected chi connectivity index (χ0v) is 14.9. The minimum atomic E-state index is -0.455. The van der Waals surface area contributed by atoms with Crippen LogP contribution in [0.3, 0.4) is 0 Å². The van der Waals surface area contributed by atoms with E-state index < -0.39 is 17.6 Å². The summed E-state index contributed by atoms with van der Waals surface area (Å²) < 4.78 is 13.2. The predicted molar refractivity (Wildman–Crippen MR) is 102 cm³/mol. The van der Waals surface area contributed by atoms with Crippen LogP contribution in [0.15, 0.2) is 60.8 Å². The average molecular weight is 363 g/mol. The van der Waals surface area contributed by atoms with Crippen molar-refractivity contribution in [2.24, 2.45) is 0 Å². The molecular formula is C21H18FN3O2. The molecule has 0 bridgehead atoms. The van der Waals surface area contributed by atoms with Gasteiger partial charge in [0.25, 0.3) is 11.8 Å². The molecule has 0 aliphatic carbocycles. The summed E-state index contributed by atoms with van der Waals surface area (Å²) in [4.78, 5) is 28.9. The van der Waals surface area contributed by atoms with Crippen molar-refractivity contribution in [2.75, 3.05) is 10.6 Å². The Hall–Kier alpha value is -3.54. The highest BCUT2D eigenvalue weighted by Gasteiger charge is 2.13. The molecule has 0 saturated carbocycles. The van der Waals surface area contributed by atoms with Crippen molar-refractivity contribution in [1.29, 1.82) is 0 Å². The monoisotopic (exact) mass is 363 g/mol. The van der Waals surface area contributed by atoms with Crippen molar-refractivity contribution in [3.8, 4) is 0 Å². The third-order valence-corrected chi connectivity index (χ3v) is 3.97. The molecule has 0 unspecified atom stereocenters. The number of nitrogens with zero attached hydrogens (tertiary/aromatic N) is 1. The quantitative estimate of drug-likeness (QED) is 0.724. The molecule has 3 aromatic rings. The topological polar surface area (TPSA) is 71.1 Å². The maximum absolute atomic E-state index is 13.2. The number of aromatic nitrogens is 1. The lowest BCUT2D eigenvalue weighted by atomic mass is 10.1. The Labute approximate surface area is 156 Å². The van der Waals surface area contributed by atoms with Crippen LogP contribution < -0.4 is 10.6 Å². The molecule has 0 aliphatic rings. The van der Waals surface area contributed by atoms with E-state index in [-0.39, 0.29) is 11.3 Å². The number of carbonyl (C=O) groups is 2. The van der Waals surface area contributed by atoms with Crippen molar-refractivity contribution in [1.82, 2.24) is 4.98 Å².